The van der Waals surface area contributed by atoms with Gasteiger partial charge in [-0.25, -0.2) is 4.98 Å². The minimum Gasteiger partial charge on any atom is -0.474 e. The van der Waals surface area contributed by atoms with Crippen molar-refractivity contribution in [2.45, 2.75) is 20.0 Å². The number of hydrogen-bond donors (Lipinski definition) is 0. The summed E-state index contributed by atoms with van der Waals surface area (Å²) in [7, 11) is 0. The average Bonchev–Trinajstić information content (AvgIpc) is 2.08. The molecule has 13 heavy (non-hydrogen) atoms. The van der Waals surface area contributed by atoms with Gasteiger partial charge in [-0.2, -0.15) is 5.26 Å². The van der Waals surface area contributed by atoms with Crippen LogP contribution < -0.4 is 4.74 Å². The lowest BCUT2D eigenvalue weighted by atomic mass is 10.3. The van der Waals surface area contributed by atoms with Crippen LogP contribution in [0.1, 0.15) is 19.4 Å². The van der Waals surface area contributed by atoms with E-state index in [2.05, 4.69) is 27.6 Å². The Kier molecular flexibility index (Phi) is 3.48. The zero-order chi connectivity index (χ0) is 9.84. The van der Waals surface area contributed by atoms with Gasteiger partial charge in [0.2, 0.25) is 5.88 Å². The number of aromatic nitrogens is 1. The summed E-state index contributed by atoms with van der Waals surface area (Å²) in [5, 5.41) is 8.60. The first-order valence-corrected chi connectivity index (χ1v) is 4.93. The molecule has 1 aromatic rings. The van der Waals surface area contributed by atoms with Gasteiger partial charge in [0, 0.05) is 6.20 Å². The lowest BCUT2D eigenvalue weighted by Crippen LogP contribution is -2.08. The van der Waals surface area contributed by atoms with E-state index in [0.717, 1.165) is 3.57 Å². The quantitative estimate of drug-likeness (QED) is 0.785. The van der Waals surface area contributed by atoms with Crippen LogP contribution in [0.3, 0.4) is 0 Å². The Labute approximate surface area is 90.9 Å². The summed E-state index contributed by atoms with van der Waals surface area (Å²) in [5.74, 6) is 0.592. The molecular weight excluding hydrogens is 279 g/mol. The lowest BCUT2D eigenvalue weighted by molar-refractivity contribution is 0.230. The number of halogens is 1. The van der Waals surface area contributed by atoms with Crippen LogP contribution in [-0.2, 0) is 0 Å². The van der Waals surface area contributed by atoms with Gasteiger partial charge in [0.15, 0.2) is 0 Å². The summed E-state index contributed by atoms with van der Waals surface area (Å²) < 4.78 is 6.28. The fraction of sp³-hybridized carbons (Fsp3) is 0.333. The van der Waals surface area contributed by atoms with E-state index in [1.807, 2.05) is 19.9 Å². The molecule has 0 aliphatic rings. The highest BCUT2D eigenvalue weighted by Gasteiger charge is 2.05. The topological polar surface area (TPSA) is 45.9 Å². The number of nitriles is 1. The van der Waals surface area contributed by atoms with Crippen LogP contribution in [0, 0.1) is 14.9 Å². The molecule has 1 aromatic heterocycles. The summed E-state index contributed by atoms with van der Waals surface area (Å²) in [6.07, 6.45) is 1.62. The van der Waals surface area contributed by atoms with Gasteiger partial charge in [0.25, 0.3) is 0 Å². The number of nitrogens with zero attached hydrogens (tertiary/aromatic N) is 2. The van der Waals surface area contributed by atoms with E-state index in [-0.39, 0.29) is 6.10 Å². The maximum Gasteiger partial charge on any atom is 0.227 e. The molecule has 0 bridgehead atoms. The molecule has 0 N–H and O–H groups in total. The Morgan fingerprint density at radius 1 is 1.62 bits per heavy atom. The SMILES string of the molecule is CC(C)Oc1ncc(C#N)cc1I. The second-order valence-electron chi connectivity index (χ2n) is 2.79. The van der Waals surface area contributed by atoms with Crippen molar-refractivity contribution in [3.05, 3.63) is 21.4 Å². The third-order valence-corrected chi connectivity index (χ3v) is 2.06. The van der Waals surface area contributed by atoms with Crippen molar-refractivity contribution in [2.24, 2.45) is 0 Å². The molecule has 1 heterocycles. The van der Waals surface area contributed by atoms with Gasteiger partial charge in [0.05, 0.1) is 15.2 Å². The summed E-state index contributed by atoms with van der Waals surface area (Å²) >= 11 is 2.10. The van der Waals surface area contributed by atoms with Crippen molar-refractivity contribution in [3.8, 4) is 11.9 Å². The van der Waals surface area contributed by atoms with Gasteiger partial charge in [0.1, 0.15) is 6.07 Å². The van der Waals surface area contributed by atoms with Crippen molar-refractivity contribution >= 4 is 22.6 Å². The van der Waals surface area contributed by atoms with Crippen LogP contribution in [0.4, 0.5) is 0 Å². The monoisotopic (exact) mass is 288 g/mol. The number of hydrogen-bond acceptors (Lipinski definition) is 3. The van der Waals surface area contributed by atoms with Crippen molar-refractivity contribution in [1.29, 1.82) is 5.26 Å². The van der Waals surface area contributed by atoms with Crippen molar-refractivity contribution in [1.82, 2.24) is 4.98 Å². The molecule has 0 saturated heterocycles. The molecule has 0 aromatic carbocycles. The Balaban J connectivity index is 2.93. The van der Waals surface area contributed by atoms with Gasteiger partial charge < -0.3 is 4.74 Å². The van der Waals surface area contributed by atoms with E-state index < -0.39 is 0 Å². The first kappa shape index (κ1) is 10.3. The van der Waals surface area contributed by atoms with Crippen LogP contribution in [0.15, 0.2) is 12.3 Å². The summed E-state index contributed by atoms with van der Waals surface area (Å²) in [6, 6.07) is 3.78. The summed E-state index contributed by atoms with van der Waals surface area (Å²) in [4.78, 5) is 4.04. The molecule has 0 fully saturated rings. The molecule has 0 atom stereocenters. The van der Waals surface area contributed by atoms with Gasteiger partial charge in [-0.05, 0) is 42.5 Å². The molecule has 3 nitrogen and oxygen atoms in total. The predicted octanol–water partition coefficient (Wildman–Crippen LogP) is 2.35. The zero-order valence-corrected chi connectivity index (χ0v) is 9.57. The van der Waals surface area contributed by atoms with Gasteiger partial charge in [-0.3, -0.25) is 0 Å². The maximum atomic E-state index is 8.60. The summed E-state index contributed by atoms with van der Waals surface area (Å²) in [5.41, 5.74) is 0.556. The molecule has 0 spiro atoms. The molecule has 0 unspecified atom stereocenters. The highest BCUT2D eigenvalue weighted by molar-refractivity contribution is 14.1. The smallest absolute Gasteiger partial charge is 0.227 e. The first-order chi connectivity index (χ1) is 6.13. The molecule has 0 saturated carbocycles. The second-order valence-corrected chi connectivity index (χ2v) is 3.95. The van der Waals surface area contributed by atoms with Crippen molar-refractivity contribution in [2.75, 3.05) is 0 Å². The molecule has 0 amide bonds. The van der Waals surface area contributed by atoms with E-state index in [0.29, 0.717) is 11.4 Å². The van der Waals surface area contributed by atoms with E-state index in [1.165, 1.54) is 6.20 Å². The van der Waals surface area contributed by atoms with Gasteiger partial charge in [-0.1, -0.05) is 0 Å². The van der Waals surface area contributed by atoms with E-state index >= 15 is 0 Å². The molecule has 0 radical (unpaired) electrons. The Hall–Kier alpha value is -0.830. The minimum atomic E-state index is 0.106. The van der Waals surface area contributed by atoms with E-state index in [4.69, 9.17) is 10.00 Å². The average molecular weight is 288 g/mol. The molecular formula is C9H9IN2O. The number of rotatable bonds is 2. The largest absolute Gasteiger partial charge is 0.474 e. The van der Waals surface area contributed by atoms with Crippen LogP contribution in [0.25, 0.3) is 0 Å². The van der Waals surface area contributed by atoms with Crippen LogP contribution >= 0.6 is 22.6 Å². The first-order valence-electron chi connectivity index (χ1n) is 3.85. The Morgan fingerprint density at radius 3 is 2.77 bits per heavy atom. The Bertz CT molecular complexity index is 344. The normalized spacial score (nSPS) is 9.77. The standard InChI is InChI=1S/C9H9IN2O/c1-6(2)13-9-8(10)3-7(4-11)5-12-9/h3,5-6H,1-2H3. The Morgan fingerprint density at radius 2 is 2.31 bits per heavy atom. The summed E-state index contributed by atoms with van der Waals surface area (Å²) in [6.45, 7) is 3.88. The molecule has 0 aliphatic carbocycles. The molecule has 68 valence electrons. The van der Waals surface area contributed by atoms with E-state index in [9.17, 15) is 0 Å². The van der Waals surface area contributed by atoms with E-state index in [1.54, 1.807) is 6.07 Å². The number of pyridine rings is 1. The third kappa shape index (κ3) is 2.84. The predicted molar refractivity (Wildman–Crippen MR) is 57.4 cm³/mol. The molecule has 0 aliphatic heterocycles. The minimum absolute atomic E-state index is 0.106. The second kappa shape index (κ2) is 4.42. The third-order valence-electron chi connectivity index (χ3n) is 1.28. The van der Waals surface area contributed by atoms with Crippen LogP contribution in [0.2, 0.25) is 0 Å². The molecule has 4 heteroatoms. The van der Waals surface area contributed by atoms with Crippen LogP contribution in [0.5, 0.6) is 5.88 Å². The molecule has 1 rings (SSSR count). The van der Waals surface area contributed by atoms with Crippen molar-refractivity contribution in [3.63, 3.8) is 0 Å². The highest BCUT2D eigenvalue weighted by Crippen LogP contribution is 2.19. The fourth-order valence-corrected chi connectivity index (χ4v) is 1.40. The highest BCUT2D eigenvalue weighted by atomic mass is 127. The fourth-order valence-electron chi connectivity index (χ4n) is 0.796. The zero-order valence-electron chi connectivity index (χ0n) is 7.41. The van der Waals surface area contributed by atoms with Crippen molar-refractivity contribution < 1.29 is 4.74 Å². The number of ether oxygens (including phenoxy) is 1. The maximum absolute atomic E-state index is 8.60. The van der Waals surface area contributed by atoms with Crippen LogP contribution in [-0.4, -0.2) is 11.1 Å². The lowest BCUT2D eigenvalue weighted by Gasteiger charge is -2.09. The van der Waals surface area contributed by atoms with Gasteiger partial charge >= 0.3 is 0 Å². The van der Waals surface area contributed by atoms with Gasteiger partial charge in [-0.15, -0.1) is 0 Å².